The summed E-state index contributed by atoms with van der Waals surface area (Å²) in [5.41, 5.74) is 0.446. The van der Waals surface area contributed by atoms with E-state index in [1.165, 1.54) is 44.6 Å². The molecule has 2 N–H and O–H groups in total. The van der Waals surface area contributed by atoms with Crippen LogP contribution in [0.25, 0.3) is 0 Å². The Bertz CT molecular complexity index is 569. The van der Waals surface area contributed by atoms with E-state index in [1.54, 1.807) is 12.1 Å². The lowest BCUT2D eigenvalue weighted by molar-refractivity contribution is -0.214. The van der Waals surface area contributed by atoms with Gasteiger partial charge in [-0.15, -0.1) is 0 Å². The number of carbonyl (C=O) groups excluding carboxylic acids is 1. The molecule has 0 saturated carbocycles. The fraction of sp³-hybridized carbons (Fsp3) is 0.267. The first kappa shape index (κ1) is 14.5. The van der Waals surface area contributed by atoms with Crippen LogP contribution in [0.4, 0.5) is 0 Å². The number of methoxy groups -OCH3 is 2. The Hall–Kier alpha value is -1.95. The summed E-state index contributed by atoms with van der Waals surface area (Å²) in [6.07, 6.45) is 3.22. The minimum Gasteiger partial charge on any atom is -0.507 e. The smallest absolute Gasteiger partial charge is 0.218 e. The number of phenols is 1. The van der Waals surface area contributed by atoms with Crippen molar-refractivity contribution in [3.8, 4) is 5.75 Å². The Morgan fingerprint density at radius 3 is 2.45 bits per heavy atom. The molecule has 0 heterocycles. The predicted octanol–water partition coefficient (Wildman–Crippen LogP) is 1.42. The van der Waals surface area contributed by atoms with Crippen LogP contribution in [0, 0.1) is 0 Å². The lowest BCUT2D eigenvalue weighted by Gasteiger charge is -2.33. The molecular weight excluding hydrogens is 260 g/mol. The molecule has 1 aliphatic carbocycles. The van der Waals surface area contributed by atoms with Crippen molar-refractivity contribution in [1.82, 2.24) is 0 Å². The van der Waals surface area contributed by atoms with Crippen molar-refractivity contribution < 1.29 is 24.5 Å². The fourth-order valence-corrected chi connectivity index (χ4v) is 2.08. The van der Waals surface area contributed by atoms with E-state index < -0.39 is 11.9 Å². The van der Waals surface area contributed by atoms with Gasteiger partial charge < -0.3 is 19.7 Å². The van der Waals surface area contributed by atoms with Gasteiger partial charge in [0.1, 0.15) is 11.9 Å². The summed E-state index contributed by atoms with van der Waals surface area (Å²) >= 11 is 0. The second-order valence-corrected chi connectivity index (χ2v) is 4.38. The van der Waals surface area contributed by atoms with Crippen molar-refractivity contribution in [2.75, 3.05) is 14.2 Å². The summed E-state index contributed by atoms with van der Waals surface area (Å²) in [6.45, 7) is 0. The molecule has 0 aliphatic heterocycles. The molecule has 0 bridgehead atoms. The number of Topliss-reactive ketones (excluding diaryl/α,β-unsaturated/α-hetero) is 1. The Labute approximate surface area is 116 Å². The number of allylic oxidation sites excluding steroid dienone is 2. The van der Waals surface area contributed by atoms with E-state index in [1.807, 2.05) is 0 Å². The highest BCUT2D eigenvalue weighted by Gasteiger charge is 2.37. The summed E-state index contributed by atoms with van der Waals surface area (Å²) < 4.78 is 10.3. The first-order chi connectivity index (χ1) is 9.54. The fourth-order valence-electron chi connectivity index (χ4n) is 2.08. The minimum atomic E-state index is -1.29. The zero-order chi connectivity index (χ0) is 14.8. The van der Waals surface area contributed by atoms with Crippen molar-refractivity contribution in [1.29, 1.82) is 0 Å². The summed E-state index contributed by atoms with van der Waals surface area (Å²) in [5.74, 6) is -1.77. The van der Waals surface area contributed by atoms with Gasteiger partial charge in [0.15, 0.2) is 5.78 Å². The van der Waals surface area contributed by atoms with Gasteiger partial charge in [-0.2, -0.15) is 0 Å². The average Bonchev–Trinajstić information content (AvgIpc) is 2.47. The monoisotopic (exact) mass is 276 g/mol. The molecule has 0 spiro atoms. The third kappa shape index (κ3) is 2.38. The Balaban J connectivity index is 2.31. The largest absolute Gasteiger partial charge is 0.507 e. The van der Waals surface area contributed by atoms with Crippen molar-refractivity contribution >= 4 is 5.78 Å². The van der Waals surface area contributed by atoms with E-state index in [0.717, 1.165) is 0 Å². The quantitative estimate of drug-likeness (QED) is 0.642. The topological polar surface area (TPSA) is 76.0 Å². The minimum absolute atomic E-state index is 0.100. The summed E-state index contributed by atoms with van der Waals surface area (Å²) in [6, 6.07) is 6.25. The molecule has 5 heteroatoms. The van der Waals surface area contributed by atoms with E-state index in [0.29, 0.717) is 0 Å². The second-order valence-electron chi connectivity index (χ2n) is 4.38. The first-order valence-corrected chi connectivity index (χ1v) is 6.06. The number of carbonyl (C=O) groups is 1. The molecule has 0 aromatic heterocycles. The highest BCUT2D eigenvalue weighted by atomic mass is 16.7. The van der Waals surface area contributed by atoms with Crippen LogP contribution >= 0.6 is 0 Å². The van der Waals surface area contributed by atoms with Crippen LogP contribution in [0.3, 0.4) is 0 Å². The van der Waals surface area contributed by atoms with Crippen molar-refractivity contribution in [3.63, 3.8) is 0 Å². The first-order valence-electron chi connectivity index (χ1n) is 6.06. The summed E-state index contributed by atoms with van der Waals surface area (Å²) in [5, 5.41) is 19.8. The molecule has 1 unspecified atom stereocenters. The molecule has 0 fully saturated rings. The maximum absolute atomic E-state index is 12.3. The van der Waals surface area contributed by atoms with E-state index in [-0.39, 0.29) is 22.7 Å². The molecule has 106 valence electrons. The third-order valence-electron chi connectivity index (χ3n) is 3.29. The van der Waals surface area contributed by atoms with Gasteiger partial charge in [-0.3, -0.25) is 4.79 Å². The molecule has 0 amide bonds. The summed E-state index contributed by atoms with van der Waals surface area (Å²) in [7, 11) is 2.81. The maximum Gasteiger partial charge on any atom is 0.218 e. The van der Waals surface area contributed by atoms with Gasteiger partial charge in [0, 0.05) is 19.8 Å². The maximum atomic E-state index is 12.3. The highest BCUT2D eigenvalue weighted by Crippen LogP contribution is 2.28. The average molecular weight is 276 g/mol. The lowest BCUT2D eigenvalue weighted by atomic mass is 9.93. The van der Waals surface area contributed by atoms with Crippen LogP contribution in [0.5, 0.6) is 5.75 Å². The Morgan fingerprint density at radius 2 is 1.90 bits per heavy atom. The number of aromatic hydroxyl groups is 1. The molecule has 2 rings (SSSR count). The standard InChI is InChI=1S/C15H16O5/c1-19-15(20-2)8-7-10(9-13(15)17)14(18)11-5-3-4-6-12(11)16/h3-9,13,16-17H,1-2H3. The Morgan fingerprint density at radius 1 is 1.25 bits per heavy atom. The zero-order valence-electron chi connectivity index (χ0n) is 11.2. The van der Waals surface area contributed by atoms with Gasteiger partial charge in [-0.1, -0.05) is 12.1 Å². The van der Waals surface area contributed by atoms with Crippen molar-refractivity contribution in [3.05, 3.63) is 53.6 Å². The molecule has 1 aromatic carbocycles. The number of ketones is 1. The highest BCUT2D eigenvalue weighted by molar-refractivity contribution is 6.12. The van der Waals surface area contributed by atoms with E-state index >= 15 is 0 Å². The molecule has 1 aliphatic rings. The van der Waals surface area contributed by atoms with Crippen LogP contribution in [-0.2, 0) is 9.47 Å². The van der Waals surface area contributed by atoms with Crippen molar-refractivity contribution in [2.45, 2.75) is 11.9 Å². The van der Waals surface area contributed by atoms with E-state index in [2.05, 4.69) is 0 Å². The van der Waals surface area contributed by atoms with Gasteiger partial charge in [0.25, 0.3) is 0 Å². The third-order valence-corrected chi connectivity index (χ3v) is 3.29. The molecule has 0 radical (unpaired) electrons. The van der Waals surface area contributed by atoms with Crippen LogP contribution in [0.1, 0.15) is 10.4 Å². The summed E-state index contributed by atoms with van der Waals surface area (Å²) in [4.78, 5) is 12.3. The van der Waals surface area contributed by atoms with E-state index in [4.69, 9.17) is 9.47 Å². The molecule has 5 nitrogen and oxygen atoms in total. The van der Waals surface area contributed by atoms with Crippen molar-refractivity contribution in [2.24, 2.45) is 0 Å². The zero-order valence-corrected chi connectivity index (χ0v) is 11.2. The van der Waals surface area contributed by atoms with Gasteiger partial charge in [-0.25, -0.2) is 0 Å². The predicted molar refractivity (Wildman–Crippen MR) is 72.4 cm³/mol. The lowest BCUT2D eigenvalue weighted by Crippen LogP contribution is -2.45. The number of hydrogen-bond acceptors (Lipinski definition) is 5. The number of hydrogen-bond donors (Lipinski definition) is 2. The van der Waals surface area contributed by atoms with Crippen LogP contribution in [0.15, 0.2) is 48.1 Å². The van der Waals surface area contributed by atoms with Crippen LogP contribution in [0.2, 0.25) is 0 Å². The van der Waals surface area contributed by atoms with Gasteiger partial charge in [-0.05, 0) is 30.4 Å². The molecule has 20 heavy (non-hydrogen) atoms. The molecule has 1 aromatic rings. The molecular formula is C15H16O5. The number of aliphatic hydroxyl groups is 1. The van der Waals surface area contributed by atoms with E-state index in [9.17, 15) is 15.0 Å². The van der Waals surface area contributed by atoms with Crippen LogP contribution < -0.4 is 0 Å². The van der Waals surface area contributed by atoms with Gasteiger partial charge >= 0.3 is 0 Å². The SMILES string of the molecule is COC1(OC)C=CC(C(=O)c2ccccc2O)=CC1O. The van der Waals surface area contributed by atoms with Gasteiger partial charge in [0.2, 0.25) is 5.79 Å². The Kier molecular flexibility index (Phi) is 4.04. The number of benzene rings is 1. The molecule has 1 atom stereocenters. The number of phenolic OH excluding ortho intramolecular Hbond substituents is 1. The second kappa shape index (κ2) is 5.58. The van der Waals surface area contributed by atoms with Gasteiger partial charge in [0.05, 0.1) is 5.56 Å². The number of aliphatic hydroxyl groups excluding tert-OH is 1. The number of ether oxygens (including phenoxy) is 2. The normalized spacial score (nSPS) is 20.6. The number of para-hydroxylation sites is 1. The van der Waals surface area contributed by atoms with Crippen LogP contribution in [-0.4, -0.2) is 42.1 Å². The number of rotatable bonds is 4. The molecule has 0 saturated heterocycles.